The van der Waals surface area contributed by atoms with E-state index in [0.717, 1.165) is 36.3 Å². The Hall–Kier alpha value is -2.26. The third-order valence-corrected chi connectivity index (χ3v) is 14.9. The fourth-order valence-electron chi connectivity index (χ4n) is 9.81. The Morgan fingerprint density at radius 3 is 1.98 bits per heavy atom. The maximum atomic E-state index is 3.20. The van der Waals surface area contributed by atoms with Crippen molar-refractivity contribution in [3.63, 3.8) is 0 Å². The minimum Gasteiger partial charge on any atom is -0.137 e. The van der Waals surface area contributed by atoms with Crippen LogP contribution in [0, 0.1) is 37.5 Å². The molecule has 4 aliphatic carbocycles. The van der Waals surface area contributed by atoms with Crippen LogP contribution < -0.4 is 10.6 Å². The minimum atomic E-state index is -0.530. The van der Waals surface area contributed by atoms with Crippen molar-refractivity contribution in [3.8, 4) is 0 Å². The molecule has 0 amide bonds. The summed E-state index contributed by atoms with van der Waals surface area (Å²) in [5.41, 5.74) is 9.55. The van der Waals surface area contributed by atoms with Crippen LogP contribution in [0.5, 0.6) is 0 Å². The second-order valence-electron chi connectivity index (χ2n) is 14.3. The lowest BCUT2D eigenvalue weighted by atomic mass is 9.43. The summed E-state index contributed by atoms with van der Waals surface area (Å²) in [6, 6.07) is 37.4. The quantitative estimate of drug-likeness (QED) is 0.167. The number of hydrogen-bond donors (Lipinski definition) is 0. The van der Waals surface area contributed by atoms with Gasteiger partial charge in [-0.25, -0.2) is 0 Å². The van der Waals surface area contributed by atoms with Gasteiger partial charge in [0.1, 0.15) is 0 Å². The van der Waals surface area contributed by atoms with Crippen molar-refractivity contribution in [2.24, 2.45) is 23.7 Å². The Balaban J connectivity index is 1.36. The molecule has 4 saturated carbocycles. The van der Waals surface area contributed by atoms with Crippen LogP contribution in [-0.2, 0) is 18.0 Å². The van der Waals surface area contributed by atoms with Gasteiger partial charge in [-0.2, -0.15) is 0 Å². The normalized spacial score (nSPS) is 26.6. The van der Waals surface area contributed by atoms with Crippen LogP contribution in [0.2, 0.25) is 0 Å². The molecule has 0 nitrogen and oxygen atoms in total. The zero-order chi connectivity index (χ0) is 29.6. The van der Waals surface area contributed by atoms with Gasteiger partial charge in [0.2, 0.25) is 0 Å². The molecule has 222 valence electrons. The van der Waals surface area contributed by atoms with Gasteiger partial charge in [-0.1, -0.05) is 104 Å². The Morgan fingerprint density at radius 2 is 1.37 bits per heavy atom. The molecular formula is C41H48P2. The Labute approximate surface area is 264 Å². The molecule has 0 heterocycles. The van der Waals surface area contributed by atoms with Crippen molar-refractivity contribution in [1.82, 2.24) is 0 Å². The molecule has 0 saturated heterocycles. The van der Waals surface area contributed by atoms with E-state index in [2.05, 4.69) is 127 Å². The molecule has 4 aromatic carbocycles. The molecule has 4 bridgehead atoms. The number of benzene rings is 4. The van der Waals surface area contributed by atoms with Gasteiger partial charge >= 0.3 is 0 Å². The van der Waals surface area contributed by atoms with Gasteiger partial charge in [0.15, 0.2) is 0 Å². The van der Waals surface area contributed by atoms with Crippen LogP contribution in [0.15, 0.2) is 97.1 Å². The number of rotatable bonds is 9. The fourth-order valence-corrected chi connectivity index (χ4v) is 13.4. The lowest BCUT2D eigenvalue weighted by molar-refractivity contribution is -0.0520. The van der Waals surface area contributed by atoms with Crippen LogP contribution in [0.1, 0.15) is 78.3 Å². The fraction of sp³-hybridized carbons (Fsp3) is 0.415. The Bertz CT molecular complexity index is 1510. The Morgan fingerprint density at radius 1 is 0.767 bits per heavy atom. The maximum absolute atomic E-state index is 3.20. The lowest BCUT2D eigenvalue weighted by Crippen LogP contribution is -2.56. The predicted molar refractivity (Wildman–Crippen MR) is 191 cm³/mol. The van der Waals surface area contributed by atoms with Gasteiger partial charge in [0.25, 0.3) is 0 Å². The first kappa shape index (κ1) is 29.5. The first-order valence-electron chi connectivity index (χ1n) is 16.7. The van der Waals surface area contributed by atoms with Crippen molar-refractivity contribution < 1.29 is 0 Å². The zero-order valence-corrected chi connectivity index (χ0v) is 28.4. The van der Waals surface area contributed by atoms with Gasteiger partial charge in [0.05, 0.1) is 0 Å². The molecule has 0 spiro atoms. The summed E-state index contributed by atoms with van der Waals surface area (Å²) in [5, 5.41) is 3.10. The first-order chi connectivity index (χ1) is 20.9. The number of hydrogen-bond acceptors (Lipinski definition) is 0. The monoisotopic (exact) mass is 602 g/mol. The van der Waals surface area contributed by atoms with Crippen LogP contribution >= 0.6 is 17.2 Å². The third kappa shape index (κ3) is 5.58. The molecule has 5 unspecified atom stereocenters. The average molecular weight is 603 g/mol. The van der Waals surface area contributed by atoms with E-state index in [1.165, 1.54) is 60.5 Å². The second kappa shape index (κ2) is 12.3. The van der Waals surface area contributed by atoms with E-state index in [0.29, 0.717) is 11.3 Å². The first-order valence-corrected chi connectivity index (χ1v) is 19.1. The second-order valence-corrected chi connectivity index (χ2v) is 16.9. The summed E-state index contributed by atoms with van der Waals surface area (Å²) < 4.78 is 0. The molecule has 0 N–H and O–H groups in total. The summed E-state index contributed by atoms with van der Waals surface area (Å²) in [5.74, 6) is 4.09. The summed E-state index contributed by atoms with van der Waals surface area (Å²) >= 11 is 0. The number of aryl methyl sites for hydroxylation is 2. The molecule has 4 fully saturated rings. The van der Waals surface area contributed by atoms with Crippen molar-refractivity contribution in [2.45, 2.75) is 76.8 Å². The van der Waals surface area contributed by atoms with Crippen molar-refractivity contribution in [1.29, 1.82) is 0 Å². The van der Waals surface area contributed by atoms with Gasteiger partial charge in [0, 0.05) is 6.16 Å². The smallest absolute Gasteiger partial charge is 0.00107 e. The molecular weight excluding hydrogens is 554 g/mol. The summed E-state index contributed by atoms with van der Waals surface area (Å²) in [7, 11) is 2.67. The largest absolute Gasteiger partial charge is 0.137 e. The van der Waals surface area contributed by atoms with Crippen molar-refractivity contribution in [2.75, 3.05) is 6.16 Å². The van der Waals surface area contributed by atoms with E-state index in [4.69, 9.17) is 0 Å². The van der Waals surface area contributed by atoms with E-state index in [-0.39, 0.29) is 0 Å². The summed E-state index contributed by atoms with van der Waals surface area (Å²) in [6.07, 6.45) is 10.8. The SMILES string of the molecule is Cc1ccccc1P(Cc1cc(C(C)Cc2ccccc2)ccc1C12CC3CC(CC(C3)C1CP)C2)c1ccccc1C. The highest BCUT2D eigenvalue weighted by atomic mass is 31.1. The van der Waals surface area contributed by atoms with E-state index in [9.17, 15) is 0 Å². The molecule has 0 aliphatic heterocycles. The van der Waals surface area contributed by atoms with Crippen LogP contribution in [0.25, 0.3) is 0 Å². The van der Waals surface area contributed by atoms with E-state index >= 15 is 0 Å². The highest BCUT2D eigenvalue weighted by Gasteiger charge is 2.57. The minimum absolute atomic E-state index is 0.353. The van der Waals surface area contributed by atoms with Crippen LogP contribution in [-0.4, -0.2) is 6.16 Å². The molecule has 8 rings (SSSR count). The predicted octanol–water partition coefficient (Wildman–Crippen LogP) is 9.85. The lowest BCUT2D eigenvalue weighted by Gasteiger charge is -2.62. The average Bonchev–Trinajstić information content (AvgIpc) is 3.01. The van der Waals surface area contributed by atoms with Crippen LogP contribution in [0.4, 0.5) is 0 Å². The molecule has 0 aromatic heterocycles. The van der Waals surface area contributed by atoms with E-state index < -0.39 is 7.92 Å². The summed E-state index contributed by atoms with van der Waals surface area (Å²) in [4.78, 5) is 0. The molecule has 2 heteroatoms. The molecule has 0 radical (unpaired) electrons. The van der Waals surface area contributed by atoms with Gasteiger partial charge in [-0.05, 0) is 145 Å². The zero-order valence-electron chi connectivity index (χ0n) is 26.3. The molecule has 4 aliphatic rings. The molecule has 5 atom stereocenters. The topological polar surface area (TPSA) is 0 Å². The maximum Gasteiger partial charge on any atom is 0.00107 e. The van der Waals surface area contributed by atoms with E-state index in [1.807, 2.05) is 0 Å². The van der Waals surface area contributed by atoms with E-state index in [1.54, 1.807) is 21.7 Å². The van der Waals surface area contributed by atoms with Crippen LogP contribution in [0.3, 0.4) is 0 Å². The molecule has 4 aromatic rings. The highest BCUT2D eigenvalue weighted by Crippen LogP contribution is 2.64. The van der Waals surface area contributed by atoms with Gasteiger partial charge < -0.3 is 0 Å². The summed E-state index contributed by atoms with van der Waals surface area (Å²) in [6.45, 7) is 7.09. The van der Waals surface area contributed by atoms with Gasteiger partial charge in [-0.3, -0.25) is 0 Å². The van der Waals surface area contributed by atoms with Crippen molar-refractivity contribution in [3.05, 3.63) is 130 Å². The third-order valence-electron chi connectivity index (χ3n) is 11.5. The Kier molecular flexibility index (Phi) is 8.40. The van der Waals surface area contributed by atoms with Gasteiger partial charge in [-0.15, -0.1) is 9.24 Å². The highest BCUT2D eigenvalue weighted by molar-refractivity contribution is 7.72. The standard InChI is InChI=1S/C41H48P2/c1-28-11-7-9-15-39(28)43(40-16-10-8-12-29(40)2)27-36-23-34(30(3)19-31-13-5-4-6-14-31)17-18-37(36)41-24-32-20-33(25-41)22-35(21-32)38(41)26-42/h4-18,23,30,32-33,35,38H,19-22,24-27,42H2,1-3H3. The van der Waals surface area contributed by atoms with Crippen molar-refractivity contribution >= 4 is 27.8 Å². The molecule has 43 heavy (non-hydrogen) atoms.